The summed E-state index contributed by atoms with van der Waals surface area (Å²) in [5.41, 5.74) is 0.505. The van der Waals surface area contributed by atoms with E-state index in [-0.39, 0.29) is 24.2 Å². The van der Waals surface area contributed by atoms with Crippen molar-refractivity contribution >= 4 is 5.97 Å². The van der Waals surface area contributed by atoms with Crippen molar-refractivity contribution in [2.45, 2.75) is 52.0 Å². The number of nitrogens with one attached hydrogen (secondary N) is 1. The molecule has 1 aliphatic heterocycles. The lowest BCUT2D eigenvalue weighted by Crippen LogP contribution is -2.59. The minimum absolute atomic E-state index is 0.0398. The SMILES string of the molecule is CCOC(=O)C1C(CC)NC(c2ccccc2)OC1(C)C. The van der Waals surface area contributed by atoms with Gasteiger partial charge < -0.3 is 9.47 Å². The molecular weight excluding hydrogens is 266 g/mol. The highest BCUT2D eigenvalue weighted by Gasteiger charge is 2.48. The summed E-state index contributed by atoms with van der Waals surface area (Å²) < 4.78 is 11.4. The topological polar surface area (TPSA) is 47.6 Å². The van der Waals surface area contributed by atoms with Gasteiger partial charge in [-0.25, -0.2) is 0 Å². The third-order valence-electron chi connectivity index (χ3n) is 4.02. The highest BCUT2D eigenvalue weighted by Crippen LogP contribution is 2.37. The van der Waals surface area contributed by atoms with Crippen LogP contribution in [0.2, 0.25) is 0 Å². The molecule has 1 saturated heterocycles. The molecule has 1 aromatic rings. The second-order valence-corrected chi connectivity index (χ2v) is 5.92. The molecule has 116 valence electrons. The molecule has 2 rings (SSSR count). The summed E-state index contributed by atoms with van der Waals surface area (Å²) in [6.45, 7) is 8.23. The normalized spacial score (nSPS) is 28.1. The van der Waals surface area contributed by atoms with Crippen molar-refractivity contribution in [3.05, 3.63) is 35.9 Å². The highest BCUT2D eigenvalue weighted by atomic mass is 16.5. The number of carbonyl (C=O) groups is 1. The molecule has 21 heavy (non-hydrogen) atoms. The lowest BCUT2D eigenvalue weighted by Gasteiger charge is -2.46. The first-order valence-electron chi connectivity index (χ1n) is 7.65. The maximum atomic E-state index is 12.3. The zero-order valence-electron chi connectivity index (χ0n) is 13.3. The molecular formula is C17H25NO3. The number of ether oxygens (including phenoxy) is 2. The zero-order chi connectivity index (χ0) is 15.5. The molecule has 3 atom stereocenters. The number of esters is 1. The number of hydrogen-bond acceptors (Lipinski definition) is 4. The van der Waals surface area contributed by atoms with E-state index in [1.165, 1.54) is 0 Å². The van der Waals surface area contributed by atoms with Crippen LogP contribution in [0.1, 0.15) is 45.9 Å². The molecule has 4 nitrogen and oxygen atoms in total. The first kappa shape index (κ1) is 16.0. The van der Waals surface area contributed by atoms with Gasteiger partial charge in [0.15, 0.2) is 0 Å². The Morgan fingerprint density at radius 3 is 2.52 bits per heavy atom. The van der Waals surface area contributed by atoms with Crippen molar-refractivity contribution in [3.63, 3.8) is 0 Å². The fraction of sp³-hybridized carbons (Fsp3) is 0.588. The zero-order valence-corrected chi connectivity index (χ0v) is 13.3. The Morgan fingerprint density at radius 2 is 1.95 bits per heavy atom. The summed E-state index contributed by atoms with van der Waals surface area (Å²) in [4.78, 5) is 12.3. The molecule has 1 fully saturated rings. The predicted molar refractivity (Wildman–Crippen MR) is 81.7 cm³/mol. The first-order chi connectivity index (χ1) is 9.99. The van der Waals surface area contributed by atoms with Crippen LogP contribution in [-0.2, 0) is 14.3 Å². The first-order valence-corrected chi connectivity index (χ1v) is 7.65. The van der Waals surface area contributed by atoms with Gasteiger partial charge in [-0.3, -0.25) is 10.1 Å². The van der Waals surface area contributed by atoms with Gasteiger partial charge in [0, 0.05) is 6.04 Å². The summed E-state index contributed by atoms with van der Waals surface area (Å²) in [6.07, 6.45) is 0.649. The average molecular weight is 291 g/mol. The Kier molecular flexibility index (Phi) is 5.01. The molecule has 1 N–H and O–H groups in total. The van der Waals surface area contributed by atoms with E-state index in [1.54, 1.807) is 0 Å². The van der Waals surface area contributed by atoms with Crippen LogP contribution in [0, 0.1) is 5.92 Å². The Bertz CT molecular complexity index is 472. The number of benzene rings is 1. The van der Waals surface area contributed by atoms with E-state index in [9.17, 15) is 4.79 Å². The molecule has 0 bridgehead atoms. The smallest absolute Gasteiger partial charge is 0.313 e. The summed E-state index contributed by atoms with van der Waals surface area (Å²) in [5.74, 6) is -0.490. The molecule has 1 heterocycles. The average Bonchev–Trinajstić information content (AvgIpc) is 2.46. The van der Waals surface area contributed by atoms with Crippen molar-refractivity contribution in [2.24, 2.45) is 5.92 Å². The summed E-state index contributed by atoms with van der Waals surface area (Å²) in [5, 5.41) is 3.44. The van der Waals surface area contributed by atoms with Crippen LogP contribution >= 0.6 is 0 Å². The molecule has 3 unspecified atom stereocenters. The summed E-state index contributed by atoms with van der Waals surface area (Å²) in [7, 11) is 0. The fourth-order valence-corrected chi connectivity index (χ4v) is 3.01. The molecule has 0 amide bonds. The van der Waals surface area contributed by atoms with Crippen LogP contribution in [0.5, 0.6) is 0 Å². The molecule has 0 radical (unpaired) electrons. The van der Waals surface area contributed by atoms with E-state index in [2.05, 4.69) is 12.2 Å². The lowest BCUT2D eigenvalue weighted by molar-refractivity contribution is -0.193. The van der Waals surface area contributed by atoms with Gasteiger partial charge in [0.25, 0.3) is 0 Å². The van der Waals surface area contributed by atoms with Gasteiger partial charge in [-0.2, -0.15) is 0 Å². The summed E-state index contributed by atoms with van der Waals surface area (Å²) in [6, 6.07) is 10.1. The van der Waals surface area contributed by atoms with Gasteiger partial charge in [-0.15, -0.1) is 0 Å². The molecule has 0 aromatic heterocycles. The Balaban J connectivity index is 2.24. The van der Waals surface area contributed by atoms with Gasteiger partial charge in [0.1, 0.15) is 12.1 Å². The van der Waals surface area contributed by atoms with Gasteiger partial charge in [0.2, 0.25) is 0 Å². The second kappa shape index (κ2) is 6.58. The van der Waals surface area contributed by atoms with E-state index < -0.39 is 5.60 Å². The Labute approximate surface area is 126 Å². The molecule has 0 aliphatic carbocycles. The van der Waals surface area contributed by atoms with E-state index in [4.69, 9.17) is 9.47 Å². The lowest BCUT2D eigenvalue weighted by atomic mass is 9.81. The van der Waals surface area contributed by atoms with E-state index in [0.717, 1.165) is 12.0 Å². The fourth-order valence-electron chi connectivity index (χ4n) is 3.01. The van der Waals surface area contributed by atoms with E-state index in [1.807, 2.05) is 51.1 Å². The van der Waals surface area contributed by atoms with Crippen LogP contribution in [0.25, 0.3) is 0 Å². The Hall–Kier alpha value is -1.39. The Morgan fingerprint density at radius 1 is 1.29 bits per heavy atom. The van der Waals surface area contributed by atoms with Crippen LogP contribution in [0.4, 0.5) is 0 Å². The minimum Gasteiger partial charge on any atom is -0.466 e. The maximum Gasteiger partial charge on any atom is 0.313 e. The van der Waals surface area contributed by atoms with Crippen molar-refractivity contribution in [1.82, 2.24) is 5.32 Å². The molecule has 0 spiro atoms. The van der Waals surface area contributed by atoms with Crippen LogP contribution in [0.15, 0.2) is 30.3 Å². The third kappa shape index (κ3) is 3.44. The van der Waals surface area contributed by atoms with Gasteiger partial charge in [-0.05, 0) is 32.8 Å². The van der Waals surface area contributed by atoms with Crippen LogP contribution in [-0.4, -0.2) is 24.2 Å². The maximum absolute atomic E-state index is 12.3. The van der Waals surface area contributed by atoms with Crippen molar-refractivity contribution < 1.29 is 14.3 Å². The monoisotopic (exact) mass is 291 g/mol. The molecule has 1 aliphatic rings. The third-order valence-corrected chi connectivity index (χ3v) is 4.02. The van der Waals surface area contributed by atoms with Gasteiger partial charge in [-0.1, -0.05) is 37.3 Å². The molecule has 4 heteroatoms. The molecule has 0 saturated carbocycles. The highest BCUT2D eigenvalue weighted by molar-refractivity contribution is 5.75. The van der Waals surface area contributed by atoms with Gasteiger partial charge in [0.05, 0.1) is 12.2 Å². The summed E-state index contributed by atoms with van der Waals surface area (Å²) >= 11 is 0. The number of hydrogen-bond donors (Lipinski definition) is 1. The number of rotatable bonds is 4. The quantitative estimate of drug-likeness (QED) is 0.866. The standard InChI is InChI=1S/C17H25NO3/c1-5-13-14(16(19)20-6-2)17(3,4)21-15(18-13)12-10-8-7-9-11-12/h7-11,13-15,18H,5-6H2,1-4H3. The van der Waals surface area contributed by atoms with Crippen LogP contribution in [0.3, 0.4) is 0 Å². The minimum atomic E-state index is -0.571. The van der Waals surface area contributed by atoms with Gasteiger partial charge >= 0.3 is 5.97 Å². The van der Waals surface area contributed by atoms with Crippen molar-refractivity contribution in [2.75, 3.05) is 6.61 Å². The molecule has 1 aromatic carbocycles. The van der Waals surface area contributed by atoms with Crippen LogP contribution < -0.4 is 5.32 Å². The largest absolute Gasteiger partial charge is 0.466 e. The van der Waals surface area contributed by atoms with E-state index in [0.29, 0.717) is 6.61 Å². The van der Waals surface area contributed by atoms with Crippen molar-refractivity contribution in [1.29, 1.82) is 0 Å². The van der Waals surface area contributed by atoms with Crippen molar-refractivity contribution in [3.8, 4) is 0 Å². The van der Waals surface area contributed by atoms with E-state index >= 15 is 0 Å². The second-order valence-electron chi connectivity index (χ2n) is 5.92. The number of carbonyl (C=O) groups excluding carboxylic acids is 1. The predicted octanol–water partition coefficient (Wildman–Crippen LogP) is 3.04.